The predicted octanol–water partition coefficient (Wildman–Crippen LogP) is 3.28. The number of anilines is 1. The fourth-order valence-corrected chi connectivity index (χ4v) is 1.96. The number of halogens is 1. The Hall–Kier alpha value is -2.74. The fraction of sp³-hybridized carbons (Fsp3) is 0.133. The summed E-state index contributed by atoms with van der Waals surface area (Å²) >= 11 is 0. The van der Waals surface area contributed by atoms with E-state index in [0.29, 0.717) is 11.3 Å². The summed E-state index contributed by atoms with van der Waals surface area (Å²) < 4.78 is 13.5. The van der Waals surface area contributed by atoms with Crippen molar-refractivity contribution in [2.75, 3.05) is 5.32 Å². The molecule has 2 aromatic rings. The van der Waals surface area contributed by atoms with Gasteiger partial charge in [-0.15, -0.1) is 0 Å². The maximum absolute atomic E-state index is 13.5. The van der Waals surface area contributed by atoms with Crippen LogP contribution in [0.15, 0.2) is 36.4 Å². The number of nitrogens with one attached hydrogen (secondary N) is 1. The van der Waals surface area contributed by atoms with Crippen molar-refractivity contribution in [2.45, 2.75) is 13.0 Å². The molecule has 0 amide bonds. The molecule has 0 bridgehead atoms. The second kappa shape index (κ2) is 5.49. The molecule has 4 nitrogen and oxygen atoms in total. The van der Waals surface area contributed by atoms with Crippen molar-refractivity contribution in [3.8, 4) is 17.6 Å². The zero-order valence-electron chi connectivity index (χ0n) is 10.8. The molecule has 102 valence electrons. The first-order valence-corrected chi connectivity index (χ1v) is 6.00. The molecule has 0 saturated heterocycles. The summed E-state index contributed by atoms with van der Waals surface area (Å²) in [5.41, 5.74) is 0.708. The Morgan fingerprint density at radius 2 is 2.00 bits per heavy atom. The monoisotopic (exact) mass is 272 g/mol. The van der Waals surface area contributed by atoms with E-state index in [0.717, 1.165) is 0 Å². The van der Waals surface area contributed by atoms with Crippen LogP contribution in [0.2, 0.25) is 0 Å². The summed E-state index contributed by atoms with van der Waals surface area (Å²) in [6, 6.07) is 9.83. The Morgan fingerprint density at radius 1 is 1.25 bits per heavy atom. The summed E-state index contributed by atoms with van der Waals surface area (Å²) in [4.78, 5) is 0. The molecular weight excluding hydrogens is 259 g/mol. The first-order chi connectivity index (χ1) is 9.52. The third-order valence-electron chi connectivity index (χ3n) is 2.98. The summed E-state index contributed by atoms with van der Waals surface area (Å²) in [7, 11) is 0. The second-order valence-corrected chi connectivity index (χ2v) is 4.38. The molecule has 5 heteroatoms. The summed E-state index contributed by atoms with van der Waals surface area (Å²) in [5.74, 6) is -0.575. The van der Waals surface area contributed by atoms with Gasteiger partial charge in [-0.3, -0.25) is 0 Å². The van der Waals surface area contributed by atoms with E-state index >= 15 is 0 Å². The molecule has 1 unspecified atom stereocenters. The maximum Gasteiger partial charge on any atom is 0.143 e. The molecular formula is C15H13FN2O2. The average Bonchev–Trinajstić information content (AvgIpc) is 2.41. The van der Waals surface area contributed by atoms with Gasteiger partial charge in [0.15, 0.2) is 0 Å². The number of benzene rings is 2. The normalized spacial score (nSPS) is 11.7. The van der Waals surface area contributed by atoms with Gasteiger partial charge >= 0.3 is 0 Å². The van der Waals surface area contributed by atoms with Crippen LogP contribution in [-0.2, 0) is 0 Å². The number of phenolic OH excluding ortho intramolecular Hbond substituents is 2. The van der Waals surface area contributed by atoms with Crippen LogP contribution < -0.4 is 5.32 Å². The predicted molar refractivity (Wildman–Crippen MR) is 72.9 cm³/mol. The summed E-state index contributed by atoms with van der Waals surface area (Å²) in [6.45, 7) is 1.74. The third-order valence-corrected chi connectivity index (χ3v) is 2.98. The van der Waals surface area contributed by atoms with E-state index < -0.39 is 11.9 Å². The van der Waals surface area contributed by atoms with Crippen molar-refractivity contribution in [2.24, 2.45) is 0 Å². The highest BCUT2D eigenvalue weighted by Crippen LogP contribution is 2.31. The highest BCUT2D eigenvalue weighted by molar-refractivity contribution is 5.59. The summed E-state index contributed by atoms with van der Waals surface area (Å²) in [6.07, 6.45) is 0. The lowest BCUT2D eigenvalue weighted by atomic mass is 10.1. The van der Waals surface area contributed by atoms with Crippen molar-refractivity contribution in [1.82, 2.24) is 0 Å². The largest absolute Gasteiger partial charge is 0.508 e. The molecule has 20 heavy (non-hydrogen) atoms. The Bertz CT molecular complexity index is 680. The van der Waals surface area contributed by atoms with Gasteiger partial charge in [0.05, 0.1) is 11.7 Å². The minimum atomic E-state index is -0.607. The number of hydrogen-bond donors (Lipinski definition) is 3. The molecule has 2 aromatic carbocycles. The van der Waals surface area contributed by atoms with Gasteiger partial charge in [0, 0.05) is 5.56 Å². The lowest BCUT2D eigenvalue weighted by molar-refractivity contribution is 0.451. The number of aromatic hydroxyl groups is 2. The molecule has 0 aliphatic carbocycles. The zero-order chi connectivity index (χ0) is 14.7. The van der Waals surface area contributed by atoms with Gasteiger partial charge in [-0.25, -0.2) is 4.39 Å². The van der Waals surface area contributed by atoms with Gasteiger partial charge in [-0.1, -0.05) is 6.07 Å². The molecule has 0 saturated carbocycles. The summed E-state index contributed by atoms with van der Waals surface area (Å²) in [5, 5.41) is 31.1. The minimum Gasteiger partial charge on any atom is -0.508 e. The molecule has 0 aromatic heterocycles. The Morgan fingerprint density at radius 3 is 2.70 bits per heavy atom. The smallest absolute Gasteiger partial charge is 0.143 e. The Labute approximate surface area is 115 Å². The van der Waals surface area contributed by atoms with Crippen LogP contribution in [-0.4, -0.2) is 10.2 Å². The maximum atomic E-state index is 13.5. The van der Waals surface area contributed by atoms with E-state index in [-0.39, 0.29) is 17.1 Å². The standard InChI is InChI=1S/C15H13FN2O2/c1-9(11-7-10(19)5-6-15(11)20)18-14-4-2-3-13(16)12(14)8-17/h2-7,9,18-20H,1H3. The van der Waals surface area contributed by atoms with Crippen LogP contribution in [0.4, 0.5) is 10.1 Å². The number of phenols is 2. The second-order valence-electron chi connectivity index (χ2n) is 4.38. The molecule has 1 atom stereocenters. The molecule has 2 rings (SSSR count). The topological polar surface area (TPSA) is 76.3 Å². The molecule has 0 spiro atoms. The number of hydrogen-bond acceptors (Lipinski definition) is 4. The molecule has 0 heterocycles. The van der Waals surface area contributed by atoms with Crippen molar-refractivity contribution < 1.29 is 14.6 Å². The number of nitrogens with zero attached hydrogens (tertiary/aromatic N) is 1. The highest BCUT2D eigenvalue weighted by atomic mass is 19.1. The molecule has 0 aliphatic rings. The van der Waals surface area contributed by atoms with Gasteiger partial charge in [0.1, 0.15) is 28.9 Å². The quantitative estimate of drug-likeness (QED) is 0.749. The van der Waals surface area contributed by atoms with Gasteiger partial charge in [-0.05, 0) is 37.3 Å². The van der Waals surface area contributed by atoms with Gasteiger partial charge < -0.3 is 15.5 Å². The molecule has 3 N–H and O–H groups in total. The Balaban J connectivity index is 2.33. The molecule has 0 fully saturated rings. The SMILES string of the molecule is CC(Nc1cccc(F)c1C#N)c1cc(O)ccc1O. The van der Waals surface area contributed by atoms with E-state index in [1.165, 1.54) is 30.3 Å². The van der Waals surface area contributed by atoms with Gasteiger partial charge in [0.25, 0.3) is 0 Å². The first kappa shape index (κ1) is 13.7. The average molecular weight is 272 g/mol. The van der Waals surface area contributed by atoms with E-state index in [9.17, 15) is 14.6 Å². The van der Waals surface area contributed by atoms with Crippen molar-refractivity contribution in [3.05, 3.63) is 53.3 Å². The van der Waals surface area contributed by atoms with Crippen LogP contribution in [0.3, 0.4) is 0 Å². The molecule has 0 radical (unpaired) electrons. The Kier molecular flexibility index (Phi) is 3.76. The number of rotatable bonds is 3. The lowest BCUT2D eigenvalue weighted by Crippen LogP contribution is -2.08. The van der Waals surface area contributed by atoms with Crippen molar-refractivity contribution >= 4 is 5.69 Å². The minimum absolute atomic E-state index is 0.0118. The van der Waals surface area contributed by atoms with Crippen molar-refractivity contribution in [3.63, 3.8) is 0 Å². The lowest BCUT2D eigenvalue weighted by Gasteiger charge is -2.18. The first-order valence-electron chi connectivity index (χ1n) is 6.00. The van der Waals surface area contributed by atoms with E-state index in [1.54, 1.807) is 19.1 Å². The van der Waals surface area contributed by atoms with E-state index in [1.807, 2.05) is 0 Å². The van der Waals surface area contributed by atoms with Crippen LogP contribution in [0.1, 0.15) is 24.1 Å². The van der Waals surface area contributed by atoms with Crippen LogP contribution in [0.5, 0.6) is 11.5 Å². The van der Waals surface area contributed by atoms with Gasteiger partial charge in [0.2, 0.25) is 0 Å². The van der Waals surface area contributed by atoms with Crippen LogP contribution >= 0.6 is 0 Å². The van der Waals surface area contributed by atoms with Crippen LogP contribution in [0.25, 0.3) is 0 Å². The van der Waals surface area contributed by atoms with Gasteiger partial charge in [-0.2, -0.15) is 5.26 Å². The third kappa shape index (κ3) is 2.64. The fourth-order valence-electron chi connectivity index (χ4n) is 1.96. The van der Waals surface area contributed by atoms with E-state index in [4.69, 9.17) is 5.26 Å². The molecule has 0 aliphatic heterocycles. The van der Waals surface area contributed by atoms with Crippen molar-refractivity contribution in [1.29, 1.82) is 5.26 Å². The number of nitriles is 1. The highest BCUT2D eigenvalue weighted by Gasteiger charge is 2.14. The van der Waals surface area contributed by atoms with Crippen LogP contribution in [0, 0.1) is 17.1 Å². The zero-order valence-corrected chi connectivity index (χ0v) is 10.8. The van der Waals surface area contributed by atoms with E-state index in [2.05, 4.69) is 5.32 Å².